The molecule has 7 heteroatoms. The molecule has 0 aliphatic heterocycles. The lowest BCUT2D eigenvalue weighted by molar-refractivity contribution is 0.415. The number of nitrogens with zero attached hydrogens (tertiary/aromatic N) is 3. The minimum atomic E-state index is -0.387. The van der Waals surface area contributed by atoms with E-state index in [0.29, 0.717) is 5.82 Å². The zero-order valence-corrected chi connectivity index (χ0v) is 12.3. The third kappa shape index (κ3) is 3.70. The maximum atomic E-state index is 13.6. The Hall–Kier alpha value is -3.22. The van der Waals surface area contributed by atoms with E-state index < -0.39 is 0 Å². The zero-order chi connectivity index (χ0) is 16.1. The monoisotopic (exact) mass is 311 g/mol. The summed E-state index contributed by atoms with van der Waals surface area (Å²) in [7, 11) is 1.60. The highest BCUT2D eigenvalue weighted by molar-refractivity contribution is 5.60. The van der Waals surface area contributed by atoms with Gasteiger partial charge in [-0.2, -0.15) is 10.1 Å². The van der Waals surface area contributed by atoms with Gasteiger partial charge >= 0.3 is 0 Å². The minimum absolute atomic E-state index is 0.197. The van der Waals surface area contributed by atoms with Crippen molar-refractivity contribution in [3.05, 3.63) is 60.5 Å². The molecule has 0 aliphatic carbocycles. The highest BCUT2D eigenvalue weighted by Crippen LogP contribution is 2.21. The summed E-state index contributed by atoms with van der Waals surface area (Å²) in [5.74, 6) is 1.01. The molecule has 0 unspecified atom stereocenters. The molecule has 0 amide bonds. The summed E-state index contributed by atoms with van der Waals surface area (Å²) in [5.41, 5.74) is 1.08. The summed E-state index contributed by atoms with van der Waals surface area (Å²) >= 11 is 0. The Bertz CT molecular complexity index is 812. The van der Waals surface area contributed by atoms with Crippen LogP contribution in [0.3, 0.4) is 0 Å². The number of hydrogen-bond acceptors (Lipinski definition) is 6. The van der Waals surface area contributed by atoms with E-state index in [9.17, 15) is 4.39 Å². The van der Waals surface area contributed by atoms with Gasteiger partial charge in [0.2, 0.25) is 5.95 Å². The first-order valence-corrected chi connectivity index (χ1v) is 6.87. The Labute approximate surface area is 132 Å². The van der Waals surface area contributed by atoms with Crippen LogP contribution in [0.1, 0.15) is 0 Å². The number of anilines is 4. The number of benzene rings is 2. The normalized spacial score (nSPS) is 10.2. The fourth-order valence-corrected chi connectivity index (χ4v) is 1.95. The summed E-state index contributed by atoms with van der Waals surface area (Å²) < 4.78 is 18.8. The molecule has 2 aromatic carbocycles. The number of hydrogen-bond donors (Lipinski definition) is 2. The quantitative estimate of drug-likeness (QED) is 0.751. The average Bonchev–Trinajstić information content (AvgIpc) is 2.57. The average molecular weight is 311 g/mol. The molecule has 0 saturated carbocycles. The standard InChI is InChI=1S/C16H14FN5O/c1-23-12-6-4-5-11(9-12)19-15-10-18-22-16(21-15)20-14-8-3-2-7-13(14)17/h2-10H,1H3,(H2,19,20,21,22). The van der Waals surface area contributed by atoms with Gasteiger partial charge < -0.3 is 15.4 Å². The van der Waals surface area contributed by atoms with E-state index in [2.05, 4.69) is 25.8 Å². The van der Waals surface area contributed by atoms with E-state index in [1.54, 1.807) is 25.3 Å². The summed E-state index contributed by atoms with van der Waals surface area (Å²) in [6.07, 6.45) is 1.48. The van der Waals surface area contributed by atoms with Crippen molar-refractivity contribution >= 4 is 23.1 Å². The Morgan fingerprint density at radius 3 is 2.74 bits per heavy atom. The van der Waals surface area contributed by atoms with E-state index in [1.807, 2.05) is 24.3 Å². The lowest BCUT2D eigenvalue weighted by Gasteiger charge is -2.09. The lowest BCUT2D eigenvalue weighted by atomic mass is 10.3. The van der Waals surface area contributed by atoms with Crippen molar-refractivity contribution in [1.29, 1.82) is 0 Å². The number of nitrogens with one attached hydrogen (secondary N) is 2. The maximum Gasteiger partial charge on any atom is 0.249 e. The van der Waals surface area contributed by atoms with E-state index in [0.717, 1.165) is 11.4 Å². The number of methoxy groups -OCH3 is 1. The van der Waals surface area contributed by atoms with Crippen LogP contribution in [0.15, 0.2) is 54.7 Å². The van der Waals surface area contributed by atoms with Crippen LogP contribution < -0.4 is 15.4 Å². The summed E-state index contributed by atoms with van der Waals surface area (Å²) in [6.45, 7) is 0. The van der Waals surface area contributed by atoms with E-state index >= 15 is 0 Å². The first-order valence-electron chi connectivity index (χ1n) is 6.87. The molecule has 1 aromatic heterocycles. The molecule has 0 spiro atoms. The predicted molar refractivity (Wildman–Crippen MR) is 85.8 cm³/mol. The molecule has 23 heavy (non-hydrogen) atoms. The highest BCUT2D eigenvalue weighted by atomic mass is 19.1. The van der Waals surface area contributed by atoms with Crippen LogP contribution in [0.2, 0.25) is 0 Å². The van der Waals surface area contributed by atoms with Gasteiger partial charge in [0.15, 0.2) is 5.82 Å². The van der Waals surface area contributed by atoms with Gasteiger partial charge in [-0.15, -0.1) is 5.10 Å². The van der Waals surface area contributed by atoms with Crippen LogP contribution >= 0.6 is 0 Å². The summed E-state index contributed by atoms with van der Waals surface area (Å²) in [6, 6.07) is 13.7. The van der Waals surface area contributed by atoms with Crippen molar-refractivity contribution in [3.8, 4) is 5.75 Å². The molecule has 2 N–H and O–H groups in total. The Morgan fingerprint density at radius 2 is 1.91 bits per heavy atom. The van der Waals surface area contributed by atoms with Gasteiger partial charge in [-0.05, 0) is 24.3 Å². The van der Waals surface area contributed by atoms with E-state index in [1.165, 1.54) is 12.3 Å². The molecule has 3 rings (SSSR count). The number of ether oxygens (including phenoxy) is 1. The fourth-order valence-electron chi connectivity index (χ4n) is 1.95. The molecule has 3 aromatic rings. The molecule has 0 saturated heterocycles. The van der Waals surface area contributed by atoms with Gasteiger partial charge in [0.25, 0.3) is 0 Å². The van der Waals surface area contributed by atoms with Crippen molar-refractivity contribution < 1.29 is 9.13 Å². The minimum Gasteiger partial charge on any atom is -0.497 e. The van der Waals surface area contributed by atoms with Crippen LogP contribution in [0.4, 0.5) is 27.5 Å². The van der Waals surface area contributed by atoms with Crippen molar-refractivity contribution in [2.75, 3.05) is 17.7 Å². The van der Waals surface area contributed by atoms with Gasteiger partial charge in [0.05, 0.1) is 19.0 Å². The molecule has 0 fully saturated rings. The molecular formula is C16H14FN5O. The number of halogens is 1. The van der Waals surface area contributed by atoms with Gasteiger partial charge in [-0.1, -0.05) is 18.2 Å². The molecular weight excluding hydrogens is 297 g/mol. The summed E-state index contributed by atoms with van der Waals surface area (Å²) in [4.78, 5) is 4.26. The van der Waals surface area contributed by atoms with Crippen LogP contribution in [-0.4, -0.2) is 22.3 Å². The second-order valence-electron chi connectivity index (χ2n) is 4.63. The van der Waals surface area contributed by atoms with Gasteiger partial charge in [0.1, 0.15) is 11.6 Å². The molecule has 0 aliphatic rings. The molecule has 0 atom stereocenters. The predicted octanol–water partition coefficient (Wildman–Crippen LogP) is 3.51. The van der Waals surface area contributed by atoms with Gasteiger partial charge in [-0.25, -0.2) is 4.39 Å². The van der Waals surface area contributed by atoms with Gasteiger partial charge in [0, 0.05) is 11.8 Å². The fraction of sp³-hybridized carbons (Fsp3) is 0.0625. The van der Waals surface area contributed by atoms with Crippen molar-refractivity contribution in [2.24, 2.45) is 0 Å². The van der Waals surface area contributed by atoms with Crippen molar-refractivity contribution in [3.63, 3.8) is 0 Å². The largest absolute Gasteiger partial charge is 0.497 e. The highest BCUT2D eigenvalue weighted by Gasteiger charge is 2.05. The molecule has 1 heterocycles. The molecule has 0 radical (unpaired) electrons. The second kappa shape index (κ2) is 6.69. The molecule has 116 valence electrons. The van der Waals surface area contributed by atoms with Gasteiger partial charge in [-0.3, -0.25) is 0 Å². The topological polar surface area (TPSA) is 72.0 Å². The Morgan fingerprint density at radius 1 is 1.04 bits per heavy atom. The third-order valence-corrected chi connectivity index (χ3v) is 3.02. The van der Waals surface area contributed by atoms with Crippen LogP contribution in [-0.2, 0) is 0 Å². The molecule has 0 bridgehead atoms. The van der Waals surface area contributed by atoms with Crippen LogP contribution in [0.5, 0.6) is 5.75 Å². The Kier molecular flexibility index (Phi) is 4.28. The third-order valence-electron chi connectivity index (χ3n) is 3.02. The number of para-hydroxylation sites is 1. The number of rotatable bonds is 5. The number of aromatic nitrogens is 3. The van der Waals surface area contributed by atoms with Crippen molar-refractivity contribution in [1.82, 2.24) is 15.2 Å². The lowest BCUT2D eigenvalue weighted by Crippen LogP contribution is -2.03. The SMILES string of the molecule is COc1cccc(Nc2cnnc(Nc3ccccc3F)n2)c1. The van der Waals surface area contributed by atoms with Crippen molar-refractivity contribution in [2.45, 2.75) is 0 Å². The van der Waals surface area contributed by atoms with Crippen LogP contribution in [0.25, 0.3) is 0 Å². The smallest absolute Gasteiger partial charge is 0.249 e. The second-order valence-corrected chi connectivity index (χ2v) is 4.63. The van der Waals surface area contributed by atoms with E-state index in [-0.39, 0.29) is 17.5 Å². The maximum absolute atomic E-state index is 13.6. The first-order chi connectivity index (χ1) is 11.2. The first kappa shape index (κ1) is 14.7. The zero-order valence-electron chi connectivity index (χ0n) is 12.3. The Balaban J connectivity index is 1.78. The van der Waals surface area contributed by atoms with Crippen LogP contribution in [0, 0.1) is 5.82 Å². The van der Waals surface area contributed by atoms with E-state index in [4.69, 9.17) is 4.74 Å². The summed E-state index contributed by atoms with van der Waals surface area (Å²) in [5, 5.41) is 13.6. The molecule has 6 nitrogen and oxygen atoms in total.